The molecule has 1 atom stereocenters. The van der Waals surface area contributed by atoms with Crippen LogP contribution in [0.15, 0.2) is 30.3 Å². The molecule has 3 heteroatoms. The molecule has 0 radical (unpaired) electrons. The molecule has 1 aromatic carbocycles. The SMILES string of the molecule is N[C@H](CC1CCCCC1)C(=O)OCc1ccccc1. The van der Waals surface area contributed by atoms with Crippen LogP contribution in [-0.2, 0) is 16.1 Å². The molecular formula is C16H23NO2. The standard InChI is InChI=1S/C16H23NO2/c17-15(11-13-7-3-1-4-8-13)16(18)19-12-14-9-5-2-6-10-14/h2,5-6,9-10,13,15H,1,3-4,7-8,11-12,17H2/t15-/m1/s1. The van der Waals surface area contributed by atoms with Gasteiger partial charge in [0, 0.05) is 0 Å². The third kappa shape index (κ3) is 4.67. The number of rotatable bonds is 5. The van der Waals surface area contributed by atoms with Crippen molar-refractivity contribution in [3.8, 4) is 0 Å². The second-order valence-electron chi connectivity index (χ2n) is 5.44. The molecule has 2 N–H and O–H groups in total. The zero-order valence-electron chi connectivity index (χ0n) is 11.4. The molecule has 0 spiro atoms. The van der Waals surface area contributed by atoms with Gasteiger partial charge < -0.3 is 10.5 Å². The number of esters is 1. The maximum Gasteiger partial charge on any atom is 0.323 e. The molecule has 3 nitrogen and oxygen atoms in total. The molecule has 0 heterocycles. The Balaban J connectivity index is 1.72. The number of ether oxygens (including phenoxy) is 1. The maximum absolute atomic E-state index is 11.8. The Morgan fingerprint density at radius 3 is 2.58 bits per heavy atom. The lowest BCUT2D eigenvalue weighted by molar-refractivity contribution is -0.147. The highest BCUT2D eigenvalue weighted by molar-refractivity contribution is 5.75. The Kier molecular flexibility index (Phi) is 5.40. The van der Waals surface area contributed by atoms with Crippen LogP contribution >= 0.6 is 0 Å². The van der Waals surface area contributed by atoms with Crippen molar-refractivity contribution in [3.05, 3.63) is 35.9 Å². The first-order valence-corrected chi connectivity index (χ1v) is 7.22. The van der Waals surface area contributed by atoms with Crippen molar-refractivity contribution in [1.82, 2.24) is 0 Å². The van der Waals surface area contributed by atoms with E-state index in [-0.39, 0.29) is 5.97 Å². The van der Waals surface area contributed by atoms with Gasteiger partial charge in [0.05, 0.1) is 0 Å². The second-order valence-corrected chi connectivity index (χ2v) is 5.44. The van der Waals surface area contributed by atoms with Crippen LogP contribution in [0.1, 0.15) is 44.1 Å². The van der Waals surface area contributed by atoms with Gasteiger partial charge >= 0.3 is 5.97 Å². The highest BCUT2D eigenvalue weighted by Gasteiger charge is 2.22. The molecule has 0 aromatic heterocycles. The molecule has 1 saturated carbocycles. The summed E-state index contributed by atoms with van der Waals surface area (Å²) in [5.41, 5.74) is 6.94. The average Bonchev–Trinajstić information content (AvgIpc) is 2.47. The van der Waals surface area contributed by atoms with Crippen molar-refractivity contribution in [1.29, 1.82) is 0 Å². The van der Waals surface area contributed by atoms with Gasteiger partial charge in [-0.3, -0.25) is 4.79 Å². The largest absolute Gasteiger partial charge is 0.460 e. The second kappa shape index (κ2) is 7.29. The van der Waals surface area contributed by atoms with Crippen LogP contribution in [0, 0.1) is 5.92 Å². The molecule has 1 aliphatic carbocycles. The summed E-state index contributed by atoms with van der Waals surface area (Å²) in [5, 5.41) is 0. The molecule has 0 aliphatic heterocycles. The quantitative estimate of drug-likeness (QED) is 0.829. The molecule has 0 unspecified atom stereocenters. The van der Waals surface area contributed by atoms with Crippen molar-refractivity contribution < 1.29 is 9.53 Å². The van der Waals surface area contributed by atoms with E-state index in [2.05, 4.69) is 0 Å². The van der Waals surface area contributed by atoms with Crippen LogP contribution in [0.25, 0.3) is 0 Å². The monoisotopic (exact) mass is 261 g/mol. The van der Waals surface area contributed by atoms with Gasteiger partial charge in [0.25, 0.3) is 0 Å². The number of hydrogen-bond donors (Lipinski definition) is 1. The number of nitrogens with two attached hydrogens (primary N) is 1. The van der Waals surface area contributed by atoms with Gasteiger partial charge in [-0.1, -0.05) is 62.4 Å². The molecule has 1 fully saturated rings. The van der Waals surface area contributed by atoms with Gasteiger partial charge in [0.15, 0.2) is 0 Å². The predicted octanol–water partition coefficient (Wildman–Crippen LogP) is 3.03. The van der Waals surface area contributed by atoms with Crippen molar-refractivity contribution in [2.45, 2.75) is 51.2 Å². The lowest BCUT2D eigenvalue weighted by atomic mass is 9.85. The zero-order valence-corrected chi connectivity index (χ0v) is 11.4. The minimum atomic E-state index is -0.466. The topological polar surface area (TPSA) is 52.3 Å². The average molecular weight is 261 g/mol. The highest BCUT2D eigenvalue weighted by Crippen LogP contribution is 2.27. The van der Waals surface area contributed by atoms with E-state index < -0.39 is 6.04 Å². The van der Waals surface area contributed by atoms with Gasteiger partial charge in [-0.05, 0) is 17.9 Å². The number of benzene rings is 1. The molecule has 0 bridgehead atoms. The van der Waals surface area contributed by atoms with Crippen LogP contribution < -0.4 is 5.73 Å². The van der Waals surface area contributed by atoms with Gasteiger partial charge in [-0.15, -0.1) is 0 Å². The summed E-state index contributed by atoms with van der Waals surface area (Å²) in [4.78, 5) is 11.8. The first-order valence-electron chi connectivity index (χ1n) is 7.22. The van der Waals surface area contributed by atoms with E-state index in [9.17, 15) is 4.79 Å². The number of carbonyl (C=O) groups is 1. The van der Waals surface area contributed by atoms with E-state index in [1.807, 2.05) is 30.3 Å². The molecule has 0 amide bonds. The predicted molar refractivity (Wildman–Crippen MR) is 75.4 cm³/mol. The Labute approximate surface area is 115 Å². The van der Waals surface area contributed by atoms with E-state index in [4.69, 9.17) is 10.5 Å². The van der Waals surface area contributed by atoms with Crippen LogP contribution in [-0.4, -0.2) is 12.0 Å². The van der Waals surface area contributed by atoms with E-state index in [0.29, 0.717) is 12.5 Å². The smallest absolute Gasteiger partial charge is 0.323 e. The third-order valence-corrected chi connectivity index (χ3v) is 3.84. The zero-order chi connectivity index (χ0) is 13.5. The van der Waals surface area contributed by atoms with Crippen LogP contribution in [0.5, 0.6) is 0 Å². The molecular weight excluding hydrogens is 238 g/mol. The minimum absolute atomic E-state index is 0.269. The number of hydrogen-bond acceptors (Lipinski definition) is 3. The van der Waals surface area contributed by atoms with Gasteiger partial charge in [-0.2, -0.15) is 0 Å². The van der Waals surface area contributed by atoms with E-state index in [1.165, 1.54) is 32.1 Å². The Morgan fingerprint density at radius 1 is 1.21 bits per heavy atom. The molecule has 19 heavy (non-hydrogen) atoms. The third-order valence-electron chi connectivity index (χ3n) is 3.84. The maximum atomic E-state index is 11.8. The van der Waals surface area contributed by atoms with E-state index in [0.717, 1.165) is 12.0 Å². The normalized spacial score (nSPS) is 17.9. The van der Waals surface area contributed by atoms with Crippen molar-refractivity contribution >= 4 is 5.97 Å². The molecule has 2 rings (SSSR count). The summed E-state index contributed by atoms with van der Waals surface area (Å²) in [6, 6.07) is 9.24. The summed E-state index contributed by atoms with van der Waals surface area (Å²) in [6.45, 7) is 0.317. The van der Waals surface area contributed by atoms with Gasteiger partial charge in [-0.25, -0.2) is 0 Å². The van der Waals surface area contributed by atoms with Crippen LogP contribution in [0.3, 0.4) is 0 Å². The molecule has 1 aliphatic rings. The first kappa shape index (κ1) is 14.1. The van der Waals surface area contributed by atoms with E-state index in [1.54, 1.807) is 0 Å². The van der Waals surface area contributed by atoms with Crippen molar-refractivity contribution in [2.24, 2.45) is 11.7 Å². The molecule has 1 aromatic rings. The van der Waals surface area contributed by atoms with Gasteiger partial charge in [0.1, 0.15) is 12.6 Å². The fraction of sp³-hybridized carbons (Fsp3) is 0.562. The molecule has 0 saturated heterocycles. The fourth-order valence-electron chi connectivity index (χ4n) is 2.71. The molecule has 104 valence electrons. The summed E-state index contributed by atoms with van der Waals surface area (Å²) in [5.74, 6) is 0.336. The summed E-state index contributed by atoms with van der Waals surface area (Å²) >= 11 is 0. The van der Waals surface area contributed by atoms with E-state index >= 15 is 0 Å². The van der Waals surface area contributed by atoms with Crippen LogP contribution in [0.4, 0.5) is 0 Å². The summed E-state index contributed by atoms with van der Waals surface area (Å²) in [6.07, 6.45) is 7.06. The lowest BCUT2D eigenvalue weighted by Crippen LogP contribution is -2.34. The highest BCUT2D eigenvalue weighted by atomic mass is 16.5. The Bertz CT molecular complexity index is 385. The van der Waals surface area contributed by atoms with Gasteiger partial charge in [0.2, 0.25) is 0 Å². The minimum Gasteiger partial charge on any atom is -0.460 e. The lowest BCUT2D eigenvalue weighted by Gasteiger charge is -2.23. The summed E-state index contributed by atoms with van der Waals surface area (Å²) < 4.78 is 5.27. The number of carbonyl (C=O) groups excluding carboxylic acids is 1. The Morgan fingerprint density at radius 2 is 1.89 bits per heavy atom. The first-order chi connectivity index (χ1) is 9.25. The Hall–Kier alpha value is -1.35. The summed E-state index contributed by atoms with van der Waals surface area (Å²) in [7, 11) is 0. The van der Waals surface area contributed by atoms with Crippen molar-refractivity contribution in [3.63, 3.8) is 0 Å². The van der Waals surface area contributed by atoms with Crippen molar-refractivity contribution in [2.75, 3.05) is 0 Å². The van der Waals surface area contributed by atoms with Crippen LogP contribution in [0.2, 0.25) is 0 Å². The fourth-order valence-corrected chi connectivity index (χ4v) is 2.71.